The smallest absolute Gasteiger partial charge is 0.120 e. The van der Waals surface area contributed by atoms with Gasteiger partial charge in [0.2, 0.25) is 0 Å². The van der Waals surface area contributed by atoms with E-state index in [1.54, 1.807) is 11.3 Å². The molecule has 1 unspecified atom stereocenters. The summed E-state index contributed by atoms with van der Waals surface area (Å²) in [5.74, 6) is 0.711. The first-order chi connectivity index (χ1) is 8.25. The number of hydrogen-bond donors (Lipinski definition) is 1. The zero-order valence-electron chi connectivity index (χ0n) is 10.1. The van der Waals surface area contributed by atoms with Gasteiger partial charge < -0.3 is 5.11 Å². The van der Waals surface area contributed by atoms with Gasteiger partial charge in [0.05, 0.1) is 18.0 Å². The molecular formula is C13H18N2OS. The van der Waals surface area contributed by atoms with Crippen LogP contribution in [-0.4, -0.2) is 14.5 Å². The van der Waals surface area contributed by atoms with E-state index < -0.39 is 0 Å². The molecule has 0 amide bonds. The number of aromatic nitrogens is 2. The monoisotopic (exact) mass is 250 g/mol. The highest BCUT2D eigenvalue weighted by Crippen LogP contribution is 2.35. The van der Waals surface area contributed by atoms with Crippen LogP contribution < -0.4 is 0 Å². The van der Waals surface area contributed by atoms with Crippen molar-refractivity contribution in [2.24, 2.45) is 5.92 Å². The molecule has 1 aliphatic carbocycles. The molecule has 92 valence electrons. The van der Waals surface area contributed by atoms with Crippen molar-refractivity contribution in [3.05, 3.63) is 23.1 Å². The summed E-state index contributed by atoms with van der Waals surface area (Å²) in [6, 6.07) is 0. The zero-order valence-corrected chi connectivity index (χ0v) is 10.9. The molecule has 1 fully saturated rings. The molecule has 1 aliphatic rings. The first kappa shape index (κ1) is 11.2. The molecular weight excluding hydrogens is 232 g/mol. The van der Waals surface area contributed by atoms with Gasteiger partial charge >= 0.3 is 0 Å². The second-order valence-corrected chi connectivity index (χ2v) is 6.28. The summed E-state index contributed by atoms with van der Waals surface area (Å²) in [6.45, 7) is 2.09. The van der Waals surface area contributed by atoms with Crippen LogP contribution in [-0.2, 0) is 0 Å². The Kier molecular flexibility index (Phi) is 2.92. The Hall–Kier alpha value is -0.870. The van der Waals surface area contributed by atoms with Gasteiger partial charge in [-0.05, 0) is 19.3 Å². The average molecular weight is 250 g/mol. The summed E-state index contributed by atoms with van der Waals surface area (Å²) in [6.07, 6.45) is 9.49. The van der Waals surface area contributed by atoms with Crippen LogP contribution in [0.4, 0.5) is 0 Å². The Bertz CT molecular complexity index is 510. The minimum absolute atomic E-state index is 0.332. The van der Waals surface area contributed by atoms with E-state index in [1.165, 1.54) is 30.6 Å². The van der Waals surface area contributed by atoms with E-state index in [-0.39, 0.29) is 6.10 Å². The number of nitrogens with zero attached hydrogens (tertiary/aromatic N) is 2. The molecule has 1 saturated carbocycles. The largest absolute Gasteiger partial charge is 0.387 e. The van der Waals surface area contributed by atoms with Gasteiger partial charge in [-0.2, -0.15) is 0 Å². The summed E-state index contributed by atoms with van der Waals surface area (Å²) in [4.78, 5) is 6.48. The second-order valence-electron chi connectivity index (χ2n) is 5.05. The third-order valence-corrected chi connectivity index (χ3v) is 4.86. The first-order valence-electron chi connectivity index (χ1n) is 6.35. The normalized spacial score (nSPS) is 19.2. The van der Waals surface area contributed by atoms with Gasteiger partial charge in [-0.15, -0.1) is 11.3 Å². The van der Waals surface area contributed by atoms with Crippen molar-refractivity contribution in [2.45, 2.75) is 45.1 Å². The number of hydrogen-bond acceptors (Lipinski definition) is 3. The SMILES string of the molecule is Cc1sc2cncn2c1C(O)CC1CCCC1. The predicted molar refractivity (Wildman–Crippen MR) is 69.3 cm³/mol. The van der Waals surface area contributed by atoms with Gasteiger partial charge in [0.25, 0.3) is 0 Å². The molecule has 17 heavy (non-hydrogen) atoms. The average Bonchev–Trinajstić information content (AvgIpc) is 2.93. The Balaban J connectivity index is 1.86. The lowest BCUT2D eigenvalue weighted by Crippen LogP contribution is -2.07. The molecule has 2 aromatic rings. The topological polar surface area (TPSA) is 37.5 Å². The van der Waals surface area contributed by atoms with Crippen molar-refractivity contribution < 1.29 is 5.11 Å². The van der Waals surface area contributed by atoms with E-state index in [2.05, 4.69) is 11.9 Å². The van der Waals surface area contributed by atoms with Gasteiger partial charge in [0, 0.05) is 4.88 Å². The molecule has 0 saturated heterocycles. The van der Waals surface area contributed by atoms with E-state index >= 15 is 0 Å². The fourth-order valence-corrected chi connectivity index (χ4v) is 4.00. The lowest BCUT2D eigenvalue weighted by Gasteiger charge is -2.15. The molecule has 0 radical (unpaired) electrons. The van der Waals surface area contributed by atoms with E-state index in [0.29, 0.717) is 5.92 Å². The van der Waals surface area contributed by atoms with Gasteiger partial charge in [-0.25, -0.2) is 4.98 Å². The van der Waals surface area contributed by atoms with Crippen LogP contribution in [0.3, 0.4) is 0 Å². The van der Waals surface area contributed by atoms with Crippen LogP contribution in [0.25, 0.3) is 4.83 Å². The lowest BCUT2D eigenvalue weighted by atomic mass is 9.98. The molecule has 0 aromatic carbocycles. The third-order valence-electron chi connectivity index (χ3n) is 3.83. The Morgan fingerprint density at radius 1 is 1.53 bits per heavy atom. The number of aryl methyl sites for hydroxylation is 1. The summed E-state index contributed by atoms with van der Waals surface area (Å²) in [5, 5.41) is 10.4. The van der Waals surface area contributed by atoms with Crippen molar-refractivity contribution in [1.29, 1.82) is 0 Å². The van der Waals surface area contributed by atoms with Gasteiger partial charge in [0.15, 0.2) is 0 Å². The van der Waals surface area contributed by atoms with Crippen molar-refractivity contribution in [1.82, 2.24) is 9.38 Å². The number of aliphatic hydroxyl groups excluding tert-OH is 1. The molecule has 0 aliphatic heterocycles. The molecule has 3 rings (SSSR count). The van der Waals surface area contributed by atoms with Crippen LogP contribution in [0.5, 0.6) is 0 Å². The maximum absolute atomic E-state index is 10.4. The lowest BCUT2D eigenvalue weighted by molar-refractivity contribution is 0.139. The molecule has 3 nitrogen and oxygen atoms in total. The minimum atomic E-state index is -0.332. The summed E-state index contributed by atoms with van der Waals surface area (Å²) >= 11 is 1.71. The minimum Gasteiger partial charge on any atom is -0.387 e. The maximum Gasteiger partial charge on any atom is 0.120 e. The molecule has 0 bridgehead atoms. The van der Waals surface area contributed by atoms with Crippen LogP contribution in [0.15, 0.2) is 12.5 Å². The summed E-state index contributed by atoms with van der Waals surface area (Å²) in [5.41, 5.74) is 1.05. The zero-order chi connectivity index (χ0) is 11.8. The number of aliphatic hydroxyl groups is 1. The number of rotatable bonds is 3. The van der Waals surface area contributed by atoms with Crippen LogP contribution in [0.1, 0.15) is 48.8 Å². The Labute approximate surface area is 105 Å². The standard InChI is InChI=1S/C13H18N2OS/c1-9-13(15-8-14-7-12(15)17-9)11(16)6-10-4-2-3-5-10/h7-8,10-11,16H,2-6H2,1H3. The van der Waals surface area contributed by atoms with Crippen molar-refractivity contribution in [3.63, 3.8) is 0 Å². The Morgan fingerprint density at radius 3 is 3.06 bits per heavy atom. The van der Waals surface area contributed by atoms with Gasteiger partial charge in [-0.1, -0.05) is 25.7 Å². The third kappa shape index (κ3) is 2.00. The highest BCUT2D eigenvalue weighted by Gasteiger charge is 2.23. The van der Waals surface area contributed by atoms with E-state index in [1.807, 2.05) is 16.9 Å². The highest BCUT2D eigenvalue weighted by atomic mass is 32.1. The number of thiazole rings is 1. The van der Waals surface area contributed by atoms with Crippen molar-refractivity contribution >= 4 is 16.2 Å². The van der Waals surface area contributed by atoms with Crippen molar-refractivity contribution in [2.75, 3.05) is 0 Å². The number of imidazole rings is 1. The van der Waals surface area contributed by atoms with E-state index in [9.17, 15) is 5.11 Å². The van der Waals surface area contributed by atoms with Gasteiger partial charge in [-0.3, -0.25) is 4.40 Å². The first-order valence-corrected chi connectivity index (χ1v) is 7.17. The molecule has 1 N–H and O–H groups in total. The van der Waals surface area contributed by atoms with Crippen LogP contribution in [0, 0.1) is 12.8 Å². The fourth-order valence-electron chi connectivity index (χ4n) is 2.99. The fraction of sp³-hybridized carbons (Fsp3) is 0.615. The van der Waals surface area contributed by atoms with E-state index in [4.69, 9.17) is 0 Å². The van der Waals surface area contributed by atoms with Gasteiger partial charge in [0.1, 0.15) is 11.2 Å². The van der Waals surface area contributed by atoms with Crippen molar-refractivity contribution in [3.8, 4) is 0 Å². The highest BCUT2D eigenvalue weighted by molar-refractivity contribution is 7.17. The van der Waals surface area contributed by atoms with E-state index in [0.717, 1.165) is 16.9 Å². The molecule has 4 heteroatoms. The molecule has 2 heterocycles. The summed E-state index contributed by atoms with van der Waals surface area (Å²) < 4.78 is 2.04. The molecule has 0 spiro atoms. The molecule has 2 aromatic heterocycles. The second kappa shape index (κ2) is 4.42. The number of fused-ring (bicyclic) bond motifs is 1. The van der Waals surface area contributed by atoms with Crippen LogP contribution in [0.2, 0.25) is 0 Å². The quantitative estimate of drug-likeness (QED) is 0.907. The predicted octanol–water partition coefficient (Wildman–Crippen LogP) is 3.32. The Morgan fingerprint density at radius 2 is 2.29 bits per heavy atom. The summed E-state index contributed by atoms with van der Waals surface area (Å²) in [7, 11) is 0. The molecule has 1 atom stereocenters. The van der Waals surface area contributed by atoms with Crippen LogP contribution >= 0.6 is 11.3 Å². The maximum atomic E-state index is 10.4.